The molecule has 33 heavy (non-hydrogen) atoms. The third-order valence-corrected chi connectivity index (χ3v) is 7.75. The number of halogens is 1. The maximum atomic E-state index is 6.62. The monoisotopic (exact) mass is 460 g/mol. The van der Waals surface area contributed by atoms with E-state index in [1.54, 1.807) is 0 Å². The lowest BCUT2D eigenvalue weighted by atomic mass is 9.71. The van der Waals surface area contributed by atoms with Crippen molar-refractivity contribution >= 4 is 10.9 Å². The molecule has 3 aliphatic heterocycles. The fourth-order valence-corrected chi connectivity index (χ4v) is 6.26. The second-order valence-electron chi connectivity index (χ2n) is 9.48. The quantitative estimate of drug-likeness (QED) is 0.380. The Hall–Kier alpha value is -2.46. The third kappa shape index (κ3) is 4.50. The number of quaternary nitrogens is 1. The van der Waals surface area contributed by atoms with E-state index in [4.69, 9.17) is 4.74 Å². The number of nitrogens with zero attached hydrogens (tertiary/aromatic N) is 2. The highest BCUT2D eigenvalue weighted by Crippen LogP contribution is 2.49. The molecule has 3 saturated heterocycles. The molecule has 0 aliphatic carbocycles. The minimum absolute atomic E-state index is 0. The van der Waals surface area contributed by atoms with Crippen LogP contribution in [-0.2, 0) is 11.3 Å². The second kappa shape index (κ2) is 10.2. The van der Waals surface area contributed by atoms with Gasteiger partial charge in [-0.05, 0) is 23.6 Å². The molecule has 3 aliphatic rings. The number of hydrogen-bond acceptors (Lipinski definition) is 2. The molecule has 4 heteroatoms. The summed E-state index contributed by atoms with van der Waals surface area (Å²) >= 11 is 0. The van der Waals surface area contributed by atoms with Crippen molar-refractivity contribution in [3.63, 3.8) is 0 Å². The van der Waals surface area contributed by atoms with Gasteiger partial charge in [-0.3, -0.25) is 4.98 Å². The molecule has 6 rings (SSSR count). The van der Waals surface area contributed by atoms with E-state index in [0.29, 0.717) is 24.5 Å². The van der Waals surface area contributed by atoms with Gasteiger partial charge in [-0.1, -0.05) is 60.7 Å². The first kappa shape index (κ1) is 23.7. The van der Waals surface area contributed by atoms with E-state index in [9.17, 15) is 0 Å². The number of benzene rings is 2. The molecule has 172 valence electrons. The molecular formula is C29H33ClN2O. The smallest absolute Gasteiger partial charge is 0.135 e. The molecule has 4 heterocycles. The van der Waals surface area contributed by atoms with Gasteiger partial charge >= 0.3 is 0 Å². The summed E-state index contributed by atoms with van der Waals surface area (Å²) in [5.41, 5.74) is 3.70. The molecule has 0 radical (unpaired) electrons. The lowest BCUT2D eigenvalue weighted by Gasteiger charge is -2.58. The lowest BCUT2D eigenvalue weighted by molar-refractivity contribution is -0.985. The average Bonchev–Trinajstić information content (AvgIpc) is 2.85. The first-order valence-corrected chi connectivity index (χ1v) is 11.8. The summed E-state index contributed by atoms with van der Waals surface area (Å²) in [5, 5.41) is 1.20. The second-order valence-corrected chi connectivity index (χ2v) is 9.48. The van der Waals surface area contributed by atoms with Crippen molar-refractivity contribution in [2.75, 3.05) is 19.7 Å². The SMILES string of the molecule is C=CCO[C@@H](c1ccnc2ccccc12)[C@H]1C[C@@H]2CC[N@@+]1(Cc1ccccc1)C[C@@H]2C=C.[Cl-]. The van der Waals surface area contributed by atoms with Crippen molar-refractivity contribution in [2.24, 2.45) is 11.8 Å². The first-order chi connectivity index (χ1) is 15.7. The number of pyridine rings is 1. The van der Waals surface area contributed by atoms with E-state index in [1.807, 2.05) is 12.3 Å². The summed E-state index contributed by atoms with van der Waals surface area (Å²) in [6, 6.07) is 22.0. The summed E-state index contributed by atoms with van der Waals surface area (Å²) in [6.07, 6.45) is 8.47. The maximum absolute atomic E-state index is 6.62. The van der Waals surface area contributed by atoms with Crippen molar-refractivity contribution in [2.45, 2.75) is 31.5 Å². The van der Waals surface area contributed by atoms with Crippen LogP contribution in [0.15, 0.2) is 92.2 Å². The van der Waals surface area contributed by atoms with Crippen molar-refractivity contribution in [1.29, 1.82) is 0 Å². The van der Waals surface area contributed by atoms with Crippen LogP contribution in [0.3, 0.4) is 0 Å². The molecule has 0 saturated carbocycles. The van der Waals surface area contributed by atoms with Crippen molar-refractivity contribution < 1.29 is 21.6 Å². The molecule has 3 aromatic rings. The van der Waals surface area contributed by atoms with E-state index in [-0.39, 0.29) is 18.5 Å². The van der Waals surface area contributed by atoms with E-state index < -0.39 is 0 Å². The number of piperidine rings is 3. The maximum Gasteiger partial charge on any atom is 0.135 e. The first-order valence-electron chi connectivity index (χ1n) is 11.8. The highest BCUT2D eigenvalue weighted by atomic mass is 35.5. The molecule has 3 nitrogen and oxygen atoms in total. The zero-order valence-corrected chi connectivity index (χ0v) is 19.9. The highest BCUT2D eigenvalue weighted by molar-refractivity contribution is 5.82. The van der Waals surface area contributed by atoms with E-state index in [0.717, 1.165) is 23.1 Å². The number of rotatable bonds is 8. The Labute approximate surface area is 203 Å². The zero-order valence-electron chi connectivity index (χ0n) is 19.2. The fraction of sp³-hybridized carbons (Fsp3) is 0.345. The van der Waals surface area contributed by atoms with Crippen molar-refractivity contribution in [1.82, 2.24) is 4.98 Å². The van der Waals surface area contributed by atoms with Crippen LogP contribution < -0.4 is 12.4 Å². The standard InChI is InChI=1S/C29H33N2O.ClH/c1-3-18-32-29(26-14-16-30-27-13-9-8-12-25(26)27)28-19-24-15-17-31(28,21-23(24)4-2)20-22-10-6-5-7-11-22;/h3-14,16,23-24,28-29H,1-2,15,17-21H2;1H/q+1;/p-1/t23-,24-,28+,29-,31+;/m0./s1. The summed E-state index contributed by atoms with van der Waals surface area (Å²) in [6.45, 7) is 12.1. The molecule has 0 spiro atoms. The van der Waals surface area contributed by atoms with Gasteiger partial charge in [0.25, 0.3) is 0 Å². The van der Waals surface area contributed by atoms with E-state index >= 15 is 0 Å². The van der Waals surface area contributed by atoms with E-state index in [2.05, 4.69) is 84.9 Å². The Morgan fingerprint density at radius 3 is 2.64 bits per heavy atom. The van der Waals surface area contributed by atoms with E-state index in [1.165, 1.54) is 35.9 Å². The Morgan fingerprint density at radius 1 is 1.06 bits per heavy atom. The van der Waals surface area contributed by atoms with Gasteiger partial charge in [-0.2, -0.15) is 0 Å². The van der Waals surface area contributed by atoms with Gasteiger partial charge in [-0.15, -0.1) is 13.2 Å². The van der Waals surface area contributed by atoms with Gasteiger partial charge in [0.15, 0.2) is 0 Å². The number of aromatic nitrogens is 1. The fourth-order valence-electron chi connectivity index (χ4n) is 6.26. The predicted octanol–water partition coefficient (Wildman–Crippen LogP) is 3.09. The van der Waals surface area contributed by atoms with Crippen LogP contribution in [0.2, 0.25) is 0 Å². The molecule has 0 N–H and O–H groups in total. The van der Waals surface area contributed by atoms with Crippen LogP contribution in [0.25, 0.3) is 10.9 Å². The van der Waals surface area contributed by atoms with Gasteiger partial charge in [-0.25, -0.2) is 0 Å². The van der Waals surface area contributed by atoms with Gasteiger partial charge in [0.05, 0.1) is 25.2 Å². The molecule has 1 aromatic heterocycles. The molecule has 2 aromatic carbocycles. The Morgan fingerprint density at radius 2 is 1.85 bits per heavy atom. The molecule has 2 bridgehead atoms. The number of para-hydroxylation sites is 1. The van der Waals surface area contributed by atoms with Crippen molar-refractivity contribution in [3.8, 4) is 0 Å². The van der Waals surface area contributed by atoms with Gasteiger partial charge in [0.1, 0.15) is 18.7 Å². The molecule has 3 fully saturated rings. The Balaban J connectivity index is 0.00000259. The van der Waals surface area contributed by atoms with Gasteiger partial charge < -0.3 is 21.6 Å². The van der Waals surface area contributed by atoms with Crippen LogP contribution in [-0.4, -0.2) is 35.2 Å². The summed E-state index contributed by atoms with van der Waals surface area (Å²) in [7, 11) is 0. The largest absolute Gasteiger partial charge is 1.00 e. The minimum atomic E-state index is 0. The Kier molecular flexibility index (Phi) is 7.33. The van der Waals surface area contributed by atoms with Crippen LogP contribution in [0, 0.1) is 11.8 Å². The molecule has 0 amide bonds. The molecule has 0 unspecified atom stereocenters. The Bertz CT molecular complexity index is 1100. The minimum Gasteiger partial charge on any atom is -1.00 e. The highest BCUT2D eigenvalue weighted by Gasteiger charge is 2.54. The zero-order chi connectivity index (χ0) is 22.0. The van der Waals surface area contributed by atoms with Crippen LogP contribution in [0.4, 0.5) is 0 Å². The summed E-state index contributed by atoms with van der Waals surface area (Å²) in [4.78, 5) is 4.61. The summed E-state index contributed by atoms with van der Waals surface area (Å²) < 4.78 is 7.69. The summed E-state index contributed by atoms with van der Waals surface area (Å²) in [5.74, 6) is 1.27. The number of fused-ring (bicyclic) bond motifs is 4. The normalized spacial score (nSPS) is 27.0. The van der Waals surface area contributed by atoms with Gasteiger partial charge in [0, 0.05) is 35.9 Å². The van der Waals surface area contributed by atoms with Crippen LogP contribution in [0.5, 0.6) is 0 Å². The average molecular weight is 461 g/mol. The van der Waals surface area contributed by atoms with Crippen LogP contribution >= 0.6 is 0 Å². The third-order valence-electron chi connectivity index (χ3n) is 7.75. The molecular weight excluding hydrogens is 428 g/mol. The topological polar surface area (TPSA) is 22.1 Å². The van der Waals surface area contributed by atoms with Crippen molar-refractivity contribution in [3.05, 3.63) is 103 Å². The predicted molar refractivity (Wildman–Crippen MR) is 131 cm³/mol. The lowest BCUT2D eigenvalue weighted by Crippen LogP contribution is -3.00. The van der Waals surface area contributed by atoms with Crippen LogP contribution in [0.1, 0.15) is 30.1 Å². The number of hydrogen-bond donors (Lipinski definition) is 0. The van der Waals surface area contributed by atoms with Gasteiger partial charge in [0.2, 0.25) is 0 Å². The molecule has 5 atom stereocenters. The number of ether oxygens (including phenoxy) is 1.